The third kappa shape index (κ3) is 151. The van der Waals surface area contributed by atoms with Gasteiger partial charge in [-0.2, -0.15) is 0 Å². The van der Waals surface area contributed by atoms with Crippen LogP contribution in [0.3, 0.4) is 0 Å². The molecule has 0 aromatic heterocycles. The molecule has 1 radical (unpaired) electrons. The molecule has 0 N–H and O–H groups in total. The summed E-state index contributed by atoms with van der Waals surface area (Å²) in [6, 6.07) is 0. The van der Waals surface area contributed by atoms with Crippen LogP contribution in [0.4, 0.5) is 0 Å². The van der Waals surface area contributed by atoms with Gasteiger partial charge in [0.05, 0.1) is 0 Å². The van der Waals surface area contributed by atoms with Crippen molar-refractivity contribution in [1.82, 2.24) is 0 Å². The molecule has 0 rings (SSSR count). The Balaban J connectivity index is 0. The Kier molecular flexibility index (Phi) is 25900. The summed E-state index contributed by atoms with van der Waals surface area (Å²) in [7, 11) is 0. The zero-order valence-electron chi connectivity index (χ0n) is 2.30. The first-order chi connectivity index (χ1) is 0. The van der Waals surface area contributed by atoms with E-state index in [9.17, 15) is 0 Å². The standard InChI is InChI=1S/5FH.Pu/h5*1H;/q;;;;;+5/p-5. The molecule has 0 fully saturated rings. The van der Waals surface area contributed by atoms with Crippen LogP contribution in [-0.4, -0.2) is 0 Å². The van der Waals surface area contributed by atoms with Gasteiger partial charge in [0, 0.05) is 0 Å². The van der Waals surface area contributed by atoms with Gasteiger partial charge in [0.15, 0.2) is 0 Å². The van der Waals surface area contributed by atoms with Crippen molar-refractivity contribution in [2.45, 2.75) is 0 Å². The van der Waals surface area contributed by atoms with Crippen molar-refractivity contribution in [3.05, 3.63) is 0 Å². The first-order valence-electron chi connectivity index (χ1n) is 0. The second-order valence-corrected chi connectivity index (χ2v) is 0. The predicted molar refractivity (Wildman–Crippen MR) is 0 cm³/mol. The zero-order valence-corrected chi connectivity index (χ0v) is 5.70. The van der Waals surface area contributed by atoms with Crippen molar-refractivity contribution in [2.24, 2.45) is 0 Å². The summed E-state index contributed by atoms with van der Waals surface area (Å²) >= 11 is 0. The molecule has 0 saturated carbocycles. The maximum Gasteiger partial charge on any atom is 5.00 e. The van der Waals surface area contributed by atoms with Crippen molar-refractivity contribution < 1.29 is 52.7 Å². The smallest absolute Gasteiger partial charge is 1.00 e. The summed E-state index contributed by atoms with van der Waals surface area (Å²) in [5.74, 6) is 0. The van der Waals surface area contributed by atoms with Crippen molar-refractivity contribution in [2.75, 3.05) is 0 Å². The topological polar surface area (TPSA) is 0 Å². The maximum absolute atomic E-state index is 0. The number of hydrogen-bond donors (Lipinski definition) is 0. The Morgan fingerprint density at radius 2 is 0.333 bits per heavy atom. The van der Waals surface area contributed by atoms with E-state index in [1.165, 1.54) is 0 Å². The Labute approximate surface area is 53.1 Å². The van der Waals surface area contributed by atoms with Gasteiger partial charge in [-0.15, -0.1) is 0 Å². The van der Waals surface area contributed by atoms with Crippen LogP contribution in [0, 0.1) is 29.2 Å². The first-order valence-corrected chi connectivity index (χ1v) is 0. The van der Waals surface area contributed by atoms with Crippen LogP contribution in [0.5, 0.6) is 0 Å². The van der Waals surface area contributed by atoms with Gasteiger partial charge in [0.2, 0.25) is 0 Å². The Hall–Kier alpha value is 0.637. The Morgan fingerprint density at radius 1 is 0.333 bits per heavy atom. The first kappa shape index (κ1) is 520. The van der Waals surface area contributed by atoms with Gasteiger partial charge >= 0.3 is 29.2 Å². The van der Waals surface area contributed by atoms with Crippen LogP contribution < -0.4 is 23.5 Å². The minimum absolute atomic E-state index is 0. The summed E-state index contributed by atoms with van der Waals surface area (Å²) in [6.45, 7) is 0. The van der Waals surface area contributed by atoms with Crippen molar-refractivity contribution >= 4 is 0 Å². The van der Waals surface area contributed by atoms with Gasteiger partial charge in [-0.1, -0.05) is 0 Å². The second-order valence-electron chi connectivity index (χ2n) is 0. The molecular formula is F5Pu. The van der Waals surface area contributed by atoms with E-state index in [-0.39, 0.29) is 52.7 Å². The van der Waals surface area contributed by atoms with E-state index in [2.05, 4.69) is 0 Å². The van der Waals surface area contributed by atoms with Crippen LogP contribution in [0.2, 0.25) is 0 Å². The van der Waals surface area contributed by atoms with Gasteiger partial charge in [-0.05, 0) is 0 Å². The average Bonchev–Trinajstić information content (AvgIpc) is 0. The molecule has 0 nitrogen and oxygen atoms in total. The molecule has 6 heteroatoms. The van der Waals surface area contributed by atoms with Gasteiger partial charge in [-0.3, -0.25) is 0 Å². The van der Waals surface area contributed by atoms with Crippen LogP contribution in [0.25, 0.3) is 0 Å². The molecule has 0 aromatic carbocycles. The maximum atomic E-state index is 0. The summed E-state index contributed by atoms with van der Waals surface area (Å²) < 4.78 is 0. The fourth-order valence-electron chi connectivity index (χ4n) is 0. The molecule has 0 spiro atoms. The number of halogens is 5. The number of hydrogen-bond acceptors (Lipinski definition) is 0. The molecule has 41 valence electrons. The van der Waals surface area contributed by atoms with E-state index in [0.717, 1.165) is 0 Å². The van der Waals surface area contributed by atoms with Gasteiger partial charge in [0.1, 0.15) is 0 Å². The quantitative estimate of drug-likeness (QED) is 0.385. The van der Waals surface area contributed by atoms with Crippen LogP contribution in [0.1, 0.15) is 0 Å². The van der Waals surface area contributed by atoms with E-state index in [0.29, 0.717) is 0 Å². The summed E-state index contributed by atoms with van der Waals surface area (Å²) in [4.78, 5) is 0. The normalized spacial score (nSPS) is 0. The molecule has 0 aliphatic carbocycles. The van der Waals surface area contributed by atoms with Gasteiger partial charge in [0.25, 0.3) is 0 Å². The fraction of sp³-hybridized carbons (Fsp3) is 0. The molecule has 0 unspecified atom stereocenters. The number of rotatable bonds is 0. The average molecular weight is 339 g/mol. The Bertz CT molecular complexity index is 3.90. The molecule has 0 saturated heterocycles. The monoisotopic (exact) mass is 333 g/mol. The second kappa shape index (κ2) is 299. The molecule has 0 heterocycles. The van der Waals surface area contributed by atoms with E-state index in [4.69, 9.17) is 0 Å². The SMILES string of the molecule is [F-].[F-].[F-].[F-].[F-].[Pu+5]. The summed E-state index contributed by atoms with van der Waals surface area (Å²) in [5, 5.41) is 0. The van der Waals surface area contributed by atoms with Crippen LogP contribution in [0.15, 0.2) is 0 Å². The molecule has 0 atom stereocenters. The molecule has 0 aliphatic rings. The summed E-state index contributed by atoms with van der Waals surface area (Å²) in [5.41, 5.74) is 0. The van der Waals surface area contributed by atoms with E-state index in [1.807, 2.05) is 0 Å². The third-order valence-electron chi connectivity index (χ3n) is 0. The van der Waals surface area contributed by atoms with Crippen molar-refractivity contribution in [3.63, 3.8) is 0 Å². The Morgan fingerprint density at radius 3 is 0.333 bits per heavy atom. The zero-order chi connectivity index (χ0) is 0. The van der Waals surface area contributed by atoms with Gasteiger partial charge < -0.3 is 23.5 Å². The molecule has 6 heavy (non-hydrogen) atoms. The largest absolute Gasteiger partial charge is 5.00 e. The van der Waals surface area contributed by atoms with E-state index < -0.39 is 0 Å². The minimum atomic E-state index is 0. The van der Waals surface area contributed by atoms with E-state index in [1.54, 1.807) is 0 Å². The van der Waals surface area contributed by atoms with Gasteiger partial charge in [-0.25, -0.2) is 0 Å². The fourth-order valence-corrected chi connectivity index (χ4v) is 0. The molecule has 0 aromatic rings. The predicted octanol–water partition coefficient (Wildman–Crippen LogP) is -15.0. The molecular weight excluding hydrogens is 339 g/mol. The molecule has 0 aliphatic heterocycles. The minimum Gasteiger partial charge on any atom is -1.00 e. The van der Waals surface area contributed by atoms with Crippen molar-refractivity contribution in [1.29, 1.82) is 0 Å². The van der Waals surface area contributed by atoms with Crippen LogP contribution in [-0.2, 0) is 0 Å². The molecule has 0 bridgehead atoms. The molecule has 0 amide bonds. The van der Waals surface area contributed by atoms with Crippen molar-refractivity contribution in [3.8, 4) is 0 Å². The summed E-state index contributed by atoms with van der Waals surface area (Å²) in [6.07, 6.45) is 0. The van der Waals surface area contributed by atoms with E-state index >= 15 is 0 Å². The van der Waals surface area contributed by atoms with Crippen LogP contribution >= 0.6 is 0 Å². The third-order valence-corrected chi connectivity index (χ3v) is 0.